The molecular weight excluding hydrogens is 330 g/mol. The van der Waals surface area contributed by atoms with Gasteiger partial charge in [-0.2, -0.15) is 5.10 Å². The summed E-state index contributed by atoms with van der Waals surface area (Å²) < 4.78 is 6.79. The first-order valence-corrected chi connectivity index (χ1v) is 9.37. The molecule has 2 fully saturated rings. The fourth-order valence-electron chi connectivity index (χ4n) is 3.54. The van der Waals surface area contributed by atoms with Crippen LogP contribution in [0.25, 0.3) is 0 Å². The molecule has 1 aliphatic heterocycles. The van der Waals surface area contributed by atoms with Crippen LogP contribution < -0.4 is 10.5 Å². The average Bonchev–Trinajstić information content (AvgIpc) is 3.50. The van der Waals surface area contributed by atoms with Crippen molar-refractivity contribution in [1.82, 2.24) is 19.7 Å². The van der Waals surface area contributed by atoms with E-state index in [9.17, 15) is 4.79 Å². The highest BCUT2D eigenvalue weighted by atomic mass is 16.5. The van der Waals surface area contributed by atoms with E-state index in [0.717, 1.165) is 37.4 Å². The summed E-state index contributed by atoms with van der Waals surface area (Å²) in [5, 5.41) is 4.59. The normalized spacial score (nSPS) is 18.3. The van der Waals surface area contributed by atoms with Crippen LogP contribution in [0.5, 0.6) is 0 Å². The van der Waals surface area contributed by atoms with Crippen LogP contribution in [0.4, 0.5) is 5.82 Å². The smallest absolute Gasteiger partial charge is 0.266 e. The number of nitrogens with zero attached hydrogens (tertiary/aromatic N) is 5. The van der Waals surface area contributed by atoms with E-state index < -0.39 is 0 Å². The maximum Gasteiger partial charge on any atom is 0.266 e. The van der Waals surface area contributed by atoms with Crippen molar-refractivity contribution in [1.29, 1.82) is 0 Å². The standard InChI is InChI=1S/C19H25N5O2/c1-26-13-17-20-9-6-18(21-17)23-10-7-14(8-11-23)12-24-19(25)5-4-16(22-24)15-2-3-15/h4-6,9,14-15H,2-3,7-8,10-13H2,1H3. The lowest BCUT2D eigenvalue weighted by Gasteiger charge is -2.32. The molecule has 0 atom stereocenters. The van der Waals surface area contributed by atoms with Crippen molar-refractivity contribution in [2.24, 2.45) is 5.92 Å². The third-order valence-electron chi connectivity index (χ3n) is 5.22. The molecule has 4 rings (SSSR count). The van der Waals surface area contributed by atoms with Crippen molar-refractivity contribution in [2.75, 3.05) is 25.1 Å². The van der Waals surface area contributed by atoms with Crippen LogP contribution in [0.15, 0.2) is 29.2 Å². The molecule has 0 aromatic carbocycles. The zero-order valence-electron chi connectivity index (χ0n) is 15.2. The first-order valence-electron chi connectivity index (χ1n) is 9.37. The van der Waals surface area contributed by atoms with Gasteiger partial charge in [-0.3, -0.25) is 4.79 Å². The zero-order chi connectivity index (χ0) is 17.9. The quantitative estimate of drug-likeness (QED) is 0.789. The van der Waals surface area contributed by atoms with Gasteiger partial charge < -0.3 is 9.64 Å². The summed E-state index contributed by atoms with van der Waals surface area (Å²) in [6.45, 7) is 3.01. The number of methoxy groups -OCH3 is 1. The predicted molar refractivity (Wildman–Crippen MR) is 98.2 cm³/mol. The fourth-order valence-corrected chi connectivity index (χ4v) is 3.54. The first kappa shape index (κ1) is 17.1. The number of hydrogen-bond donors (Lipinski definition) is 0. The van der Waals surface area contributed by atoms with Crippen LogP contribution in [0.2, 0.25) is 0 Å². The Bertz CT molecular complexity index is 810. The van der Waals surface area contributed by atoms with Gasteiger partial charge >= 0.3 is 0 Å². The Morgan fingerprint density at radius 2 is 1.96 bits per heavy atom. The first-order chi connectivity index (χ1) is 12.7. The van der Waals surface area contributed by atoms with Crippen LogP contribution in [-0.2, 0) is 17.9 Å². The topological polar surface area (TPSA) is 73.1 Å². The number of aromatic nitrogens is 4. The molecule has 138 valence electrons. The van der Waals surface area contributed by atoms with Crippen molar-refractivity contribution < 1.29 is 4.74 Å². The summed E-state index contributed by atoms with van der Waals surface area (Å²) in [4.78, 5) is 23.2. The molecule has 0 amide bonds. The molecule has 26 heavy (non-hydrogen) atoms. The van der Waals surface area contributed by atoms with Gasteiger partial charge in [0.05, 0.1) is 5.69 Å². The molecule has 7 nitrogen and oxygen atoms in total. The van der Waals surface area contributed by atoms with E-state index >= 15 is 0 Å². The molecule has 2 aromatic rings. The predicted octanol–water partition coefficient (Wildman–Crippen LogP) is 1.97. The van der Waals surface area contributed by atoms with Gasteiger partial charge in [0.15, 0.2) is 5.82 Å². The van der Waals surface area contributed by atoms with E-state index in [4.69, 9.17) is 4.74 Å². The minimum absolute atomic E-state index is 0.0110. The third kappa shape index (κ3) is 3.93. The lowest BCUT2D eigenvalue weighted by molar-refractivity contribution is 0.177. The molecule has 3 heterocycles. The highest BCUT2D eigenvalue weighted by Gasteiger charge is 2.26. The third-order valence-corrected chi connectivity index (χ3v) is 5.22. The van der Waals surface area contributed by atoms with Gasteiger partial charge in [-0.25, -0.2) is 14.6 Å². The van der Waals surface area contributed by atoms with Gasteiger partial charge in [-0.1, -0.05) is 0 Å². The van der Waals surface area contributed by atoms with E-state index in [1.54, 1.807) is 24.1 Å². The molecule has 2 aliphatic rings. The Kier molecular flexibility index (Phi) is 4.97. The summed E-state index contributed by atoms with van der Waals surface area (Å²) in [6, 6.07) is 5.52. The van der Waals surface area contributed by atoms with E-state index in [1.807, 2.05) is 12.1 Å². The van der Waals surface area contributed by atoms with Crippen molar-refractivity contribution in [3.8, 4) is 0 Å². The summed E-state index contributed by atoms with van der Waals surface area (Å²) in [5.41, 5.74) is 1.09. The Morgan fingerprint density at radius 3 is 2.69 bits per heavy atom. The maximum atomic E-state index is 12.1. The van der Waals surface area contributed by atoms with E-state index in [-0.39, 0.29) is 5.56 Å². The van der Waals surface area contributed by atoms with E-state index in [1.165, 1.54) is 12.8 Å². The molecule has 1 saturated carbocycles. The maximum absolute atomic E-state index is 12.1. The Balaban J connectivity index is 1.37. The van der Waals surface area contributed by atoms with Gasteiger partial charge in [0, 0.05) is 44.9 Å². The molecule has 7 heteroatoms. The summed E-state index contributed by atoms with van der Waals surface area (Å²) in [6.07, 6.45) is 6.26. The van der Waals surface area contributed by atoms with Gasteiger partial charge in [0.2, 0.25) is 0 Å². The molecule has 0 unspecified atom stereocenters. The SMILES string of the molecule is COCc1nccc(N2CCC(Cn3nc(C4CC4)ccc3=O)CC2)n1. The monoisotopic (exact) mass is 355 g/mol. The van der Waals surface area contributed by atoms with Crippen molar-refractivity contribution >= 4 is 5.82 Å². The number of anilines is 1. The second kappa shape index (κ2) is 7.53. The molecular formula is C19H25N5O2. The molecule has 1 saturated heterocycles. The number of hydrogen-bond acceptors (Lipinski definition) is 6. The summed E-state index contributed by atoms with van der Waals surface area (Å²) in [7, 11) is 1.65. The molecule has 0 spiro atoms. The van der Waals surface area contributed by atoms with Crippen LogP contribution >= 0.6 is 0 Å². The van der Waals surface area contributed by atoms with Crippen molar-refractivity contribution in [3.63, 3.8) is 0 Å². The van der Waals surface area contributed by atoms with Gasteiger partial charge in [0.25, 0.3) is 5.56 Å². The van der Waals surface area contributed by atoms with Crippen molar-refractivity contribution in [3.05, 3.63) is 46.3 Å². The molecule has 0 bridgehead atoms. The van der Waals surface area contributed by atoms with Crippen LogP contribution in [0.1, 0.15) is 43.1 Å². The van der Waals surface area contributed by atoms with Crippen LogP contribution in [0, 0.1) is 5.92 Å². The van der Waals surface area contributed by atoms with Gasteiger partial charge in [0.1, 0.15) is 12.4 Å². The Morgan fingerprint density at radius 1 is 1.15 bits per heavy atom. The van der Waals surface area contributed by atoms with Crippen LogP contribution in [-0.4, -0.2) is 39.9 Å². The van der Waals surface area contributed by atoms with E-state index in [0.29, 0.717) is 30.8 Å². The molecule has 2 aromatic heterocycles. The van der Waals surface area contributed by atoms with Crippen molar-refractivity contribution in [2.45, 2.75) is 44.8 Å². The largest absolute Gasteiger partial charge is 0.377 e. The van der Waals surface area contributed by atoms with Gasteiger partial charge in [-0.05, 0) is 43.7 Å². The minimum atomic E-state index is 0.0110. The fraction of sp³-hybridized carbons (Fsp3) is 0.579. The minimum Gasteiger partial charge on any atom is -0.377 e. The Labute approximate surface area is 153 Å². The number of ether oxygens (including phenoxy) is 1. The number of rotatable bonds is 6. The zero-order valence-corrected chi connectivity index (χ0v) is 15.2. The molecule has 1 aliphatic carbocycles. The highest BCUT2D eigenvalue weighted by Crippen LogP contribution is 2.38. The van der Waals surface area contributed by atoms with Gasteiger partial charge in [-0.15, -0.1) is 0 Å². The summed E-state index contributed by atoms with van der Waals surface area (Å²) in [5.74, 6) is 2.71. The second-order valence-electron chi connectivity index (χ2n) is 7.25. The lowest BCUT2D eigenvalue weighted by atomic mass is 9.97. The van der Waals surface area contributed by atoms with E-state index in [2.05, 4.69) is 20.0 Å². The highest BCUT2D eigenvalue weighted by molar-refractivity contribution is 5.37. The molecule has 0 N–H and O–H groups in total. The second-order valence-corrected chi connectivity index (χ2v) is 7.25. The summed E-state index contributed by atoms with van der Waals surface area (Å²) >= 11 is 0. The lowest BCUT2D eigenvalue weighted by Crippen LogP contribution is -2.37. The molecule has 0 radical (unpaired) electrons. The average molecular weight is 355 g/mol. The Hall–Kier alpha value is -2.28. The van der Waals surface area contributed by atoms with Crippen LogP contribution in [0.3, 0.4) is 0 Å². The number of piperidine rings is 1.